The molecule has 0 aliphatic carbocycles. The van der Waals surface area contributed by atoms with Gasteiger partial charge in [0.1, 0.15) is 0 Å². The number of rotatable bonds is 6. The average molecular weight is 229 g/mol. The first-order chi connectivity index (χ1) is 7.63. The van der Waals surface area contributed by atoms with Crippen molar-refractivity contribution in [3.63, 3.8) is 0 Å². The number of methoxy groups -OCH3 is 1. The lowest BCUT2D eigenvalue weighted by Gasteiger charge is -2.38. The van der Waals surface area contributed by atoms with Crippen molar-refractivity contribution in [2.24, 2.45) is 0 Å². The standard InChI is InChI=1S/C12H27N3O/c1-11(2)13-9-12(10-16-4)15-7-5-14(3)6-8-15/h11-13H,5-10H2,1-4H3. The van der Waals surface area contributed by atoms with E-state index < -0.39 is 0 Å². The van der Waals surface area contributed by atoms with Gasteiger partial charge in [-0.15, -0.1) is 0 Å². The molecule has 1 atom stereocenters. The number of piperazine rings is 1. The summed E-state index contributed by atoms with van der Waals surface area (Å²) in [5.74, 6) is 0. The average Bonchev–Trinajstić information content (AvgIpc) is 2.25. The molecule has 0 amide bonds. The predicted octanol–water partition coefficient (Wildman–Crippen LogP) is 0.247. The van der Waals surface area contributed by atoms with Gasteiger partial charge in [-0.3, -0.25) is 4.90 Å². The maximum Gasteiger partial charge on any atom is 0.0630 e. The van der Waals surface area contributed by atoms with Crippen LogP contribution in [-0.2, 0) is 4.74 Å². The zero-order valence-corrected chi connectivity index (χ0v) is 11.2. The second kappa shape index (κ2) is 7.22. The van der Waals surface area contributed by atoms with E-state index in [0.717, 1.165) is 26.2 Å². The first-order valence-electron chi connectivity index (χ1n) is 6.28. The number of nitrogens with zero attached hydrogens (tertiary/aromatic N) is 2. The van der Waals surface area contributed by atoms with Crippen LogP contribution >= 0.6 is 0 Å². The molecule has 4 heteroatoms. The Morgan fingerprint density at radius 3 is 2.31 bits per heavy atom. The highest BCUT2D eigenvalue weighted by Gasteiger charge is 2.22. The smallest absolute Gasteiger partial charge is 0.0630 e. The van der Waals surface area contributed by atoms with E-state index in [1.54, 1.807) is 7.11 Å². The molecule has 0 saturated carbocycles. The fourth-order valence-corrected chi connectivity index (χ4v) is 2.04. The molecule has 0 aromatic heterocycles. The van der Waals surface area contributed by atoms with E-state index in [-0.39, 0.29) is 0 Å². The minimum atomic E-state index is 0.515. The van der Waals surface area contributed by atoms with Crippen LogP contribution in [0.1, 0.15) is 13.8 Å². The molecule has 0 aromatic rings. The summed E-state index contributed by atoms with van der Waals surface area (Å²) in [5.41, 5.74) is 0. The van der Waals surface area contributed by atoms with E-state index in [9.17, 15) is 0 Å². The largest absolute Gasteiger partial charge is 0.383 e. The van der Waals surface area contributed by atoms with Gasteiger partial charge in [0.2, 0.25) is 0 Å². The van der Waals surface area contributed by atoms with E-state index >= 15 is 0 Å². The molecule has 1 aliphatic rings. The highest BCUT2D eigenvalue weighted by molar-refractivity contribution is 4.79. The second-order valence-electron chi connectivity index (χ2n) is 5.01. The molecule has 1 unspecified atom stereocenters. The van der Waals surface area contributed by atoms with Gasteiger partial charge in [0.15, 0.2) is 0 Å². The van der Waals surface area contributed by atoms with Crippen molar-refractivity contribution in [3.05, 3.63) is 0 Å². The fraction of sp³-hybridized carbons (Fsp3) is 1.00. The first kappa shape index (κ1) is 13.9. The Balaban J connectivity index is 2.36. The van der Waals surface area contributed by atoms with Crippen LogP contribution in [0.15, 0.2) is 0 Å². The van der Waals surface area contributed by atoms with Crippen LogP contribution in [0, 0.1) is 0 Å². The molecule has 4 nitrogen and oxygen atoms in total. The minimum Gasteiger partial charge on any atom is -0.383 e. The lowest BCUT2D eigenvalue weighted by molar-refractivity contribution is 0.0557. The minimum absolute atomic E-state index is 0.515. The molecule has 0 aromatic carbocycles. The molecule has 1 heterocycles. The van der Waals surface area contributed by atoms with Crippen molar-refractivity contribution in [2.45, 2.75) is 25.9 Å². The highest BCUT2D eigenvalue weighted by Crippen LogP contribution is 2.05. The summed E-state index contributed by atoms with van der Waals surface area (Å²) in [6, 6.07) is 1.06. The monoisotopic (exact) mass is 229 g/mol. The van der Waals surface area contributed by atoms with E-state index in [4.69, 9.17) is 4.74 Å². The summed E-state index contributed by atoms with van der Waals surface area (Å²) in [5, 5.41) is 3.50. The molecule has 1 N–H and O–H groups in total. The molecule has 0 bridgehead atoms. The van der Waals surface area contributed by atoms with Crippen molar-refractivity contribution in [1.29, 1.82) is 0 Å². The Labute approximate surface area is 99.9 Å². The quantitative estimate of drug-likeness (QED) is 0.706. The van der Waals surface area contributed by atoms with Crippen molar-refractivity contribution in [2.75, 3.05) is 53.5 Å². The first-order valence-corrected chi connectivity index (χ1v) is 6.28. The van der Waals surface area contributed by atoms with Crippen molar-refractivity contribution in [1.82, 2.24) is 15.1 Å². The summed E-state index contributed by atoms with van der Waals surface area (Å²) in [6.07, 6.45) is 0. The zero-order valence-electron chi connectivity index (χ0n) is 11.2. The number of hydrogen-bond donors (Lipinski definition) is 1. The molecule has 1 fully saturated rings. The van der Waals surface area contributed by atoms with Gasteiger partial charge in [-0.2, -0.15) is 0 Å². The molecule has 1 rings (SSSR count). The Morgan fingerprint density at radius 2 is 1.81 bits per heavy atom. The number of hydrogen-bond acceptors (Lipinski definition) is 4. The highest BCUT2D eigenvalue weighted by atomic mass is 16.5. The van der Waals surface area contributed by atoms with Crippen LogP contribution < -0.4 is 5.32 Å². The summed E-state index contributed by atoms with van der Waals surface area (Å²) < 4.78 is 5.32. The van der Waals surface area contributed by atoms with Crippen LogP contribution in [0.3, 0.4) is 0 Å². The summed E-state index contributed by atoms with van der Waals surface area (Å²) in [7, 11) is 3.98. The lowest BCUT2D eigenvalue weighted by Crippen LogP contribution is -2.54. The van der Waals surface area contributed by atoms with E-state index in [0.29, 0.717) is 12.1 Å². The third-order valence-corrected chi connectivity index (χ3v) is 3.18. The van der Waals surface area contributed by atoms with Crippen molar-refractivity contribution < 1.29 is 4.74 Å². The van der Waals surface area contributed by atoms with Crippen LogP contribution in [0.4, 0.5) is 0 Å². The van der Waals surface area contributed by atoms with Crippen LogP contribution in [0.5, 0.6) is 0 Å². The molecule has 1 aliphatic heterocycles. The van der Waals surface area contributed by atoms with E-state index in [2.05, 4.69) is 36.0 Å². The van der Waals surface area contributed by atoms with E-state index in [1.165, 1.54) is 13.1 Å². The fourth-order valence-electron chi connectivity index (χ4n) is 2.04. The Bertz CT molecular complexity index is 179. The van der Waals surface area contributed by atoms with E-state index in [1.807, 2.05) is 0 Å². The third-order valence-electron chi connectivity index (χ3n) is 3.18. The Morgan fingerprint density at radius 1 is 1.19 bits per heavy atom. The van der Waals surface area contributed by atoms with Crippen LogP contribution in [-0.4, -0.2) is 75.4 Å². The number of likely N-dealkylation sites (N-methyl/N-ethyl adjacent to an activating group) is 1. The molecule has 16 heavy (non-hydrogen) atoms. The van der Waals surface area contributed by atoms with Gasteiger partial charge in [0.25, 0.3) is 0 Å². The normalized spacial score (nSPS) is 21.6. The van der Waals surface area contributed by atoms with Gasteiger partial charge in [0, 0.05) is 51.9 Å². The Kier molecular flexibility index (Phi) is 6.28. The number of ether oxygens (including phenoxy) is 1. The van der Waals surface area contributed by atoms with Gasteiger partial charge in [-0.25, -0.2) is 0 Å². The van der Waals surface area contributed by atoms with Crippen molar-refractivity contribution in [3.8, 4) is 0 Å². The van der Waals surface area contributed by atoms with Crippen molar-refractivity contribution >= 4 is 0 Å². The van der Waals surface area contributed by atoms with Crippen LogP contribution in [0.25, 0.3) is 0 Å². The van der Waals surface area contributed by atoms with Gasteiger partial charge in [0.05, 0.1) is 6.61 Å². The third kappa shape index (κ3) is 4.78. The maximum atomic E-state index is 5.32. The van der Waals surface area contributed by atoms with Gasteiger partial charge in [-0.1, -0.05) is 13.8 Å². The summed E-state index contributed by atoms with van der Waals surface area (Å²) in [4.78, 5) is 4.93. The number of nitrogens with one attached hydrogen (secondary N) is 1. The molecule has 0 spiro atoms. The van der Waals surface area contributed by atoms with Gasteiger partial charge >= 0.3 is 0 Å². The maximum absolute atomic E-state index is 5.32. The molecule has 96 valence electrons. The van der Waals surface area contributed by atoms with Gasteiger partial charge in [-0.05, 0) is 7.05 Å². The summed E-state index contributed by atoms with van der Waals surface area (Å²) >= 11 is 0. The van der Waals surface area contributed by atoms with Gasteiger partial charge < -0.3 is 15.0 Å². The molecule has 1 saturated heterocycles. The predicted molar refractivity (Wildman–Crippen MR) is 67.9 cm³/mol. The lowest BCUT2D eigenvalue weighted by atomic mass is 10.2. The molecule has 0 radical (unpaired) electrons. The summed E-state index contributed by atoms with van der Waals surface area (Å²) in [6.45, 7) is 10.9. The zero-order chi connectivity index (χ0) is 12.0. The topological polar surface area (TPSA) is 27.7 Å². The SMILES string of the molecule is COCC(CNC(C)C)N1CCN(C)CC1. The molecular formula is C12H27N3O. The second-order valence-corrected chi connectivity index (χ2v) is 5.01. The Hall–Kier alpha value is -0.160. The molecular weight excluding hydrogens is 202 g/mol. The van der Waals surface area contributed by atoms with Crippen LogP contribution in [0.2, 0.25) is 0 Å².